The van der Waals surface area contributed by atoms with Crippen LogP contribution in [-0.2, 0) is 9.47 Å². The van der Waals surface area contributed by atoms with Crippen LogP contribution in [0.3, 0.4) is 0 Å². The zero-order chi connectivity index (χ0) is 8.27. The molecule has 0 aromatic heterocycles. The molecule has 1 fully saturated rings. The minimum atomic E-state index is -0.455. The van der Waals surface area contributed by atoms with Gasteiger partial charge in [-0.15, -0.1) is 0 Å². The van der Waals surface area contributed by atoms with Gasteiger partial charge in [0, 0.05) is 0 Å². The second kappa shape index (κ2) is 4.04. The Morgan fingerprint density at radius 1 is 1.55 bits per heavy atom. The quantitative estimate of drug-likeness (QED) is 0.652. The molecule has 0 bridgehead atoms. The molecular weight excluding hydrogens is 144 g/mol. The van der Waals surface area contributed by atoms with E-state index in [1.54, 1.807) is 0 Å². The molecule has 0 aromatic carbocycles. The van der Waals surface area contributed by atoms with Crippen LogP contribution in [0.4, 0.5) is 0 Å². The Balaban J connectivity index is 2.28. The third-order valence-corrected chi connectivity index (χ3v) is 1.89. The molecule has 0 radical (unpaired) electrons. The van der Waals surface area contributed by atoms with Gasteiger partial charge in [0.15, 0.2) is 6.29 Å². The summed E-state index contributed by atoms with van der Waals surface area (Å²) >= 11 is 0. The summed E-state index contributed by atoms with van der Waals surface area (Å²) in [7, 11) is 0. The molecule has 66 valence electrons. The summed E-state index contributed by atoms with van der Waals surface area (Å²) < 4.78 is 10.6. The molecule has 11 heavy (non-hydrogen) atoms. The summed E-state index contributed by atoms with van der Waals surface area (Å²) in [5.74, 6) is 0. The van der Waals surface area contributed by atoms with E-state index in [9.17, 15) is 5.11 Å². The summed E-state index contributed by atoms with van der Waals surface area (Å²) in [5.41, 5.74) is 0. The van der Waals surface area contributed by atoms with Gasteiger partial charge in [-0.2, -0.15) is 0 Å². The Hall–Kier alpha value is -0.120. The van der Waals surface area contributed by atoms with Crippen molar-refractivity contribution in [2.24, 2.45) is 0 Å². The second-order valence-electron chi connectivity index (χ2n) is 2.96. The molecule has 1 saturated heterocycles. The van der Waals surface area contributed by atoms with Crippen LogP contribution < -0.4 is 0 Å². The summed E-state index contributed by atoms with van der Waals surface area (Å²) in [6.45, 7) is 4.37. The maximum atomic E-state index is 9.21. The molecule has 0 aromatic rings. The van der Waals surface area contributed by atoms with Crippen molar-refractivity contribution in [1.82, 2.24) is 0 Å². The van der Waals surface area contributed by atoms with Crippen LogP contribution in [0.25, 0.3) is 0 Å². The van der Waals surface area contributed by atoms with Gasteiger partial charge in [0.25, 0.3) is 0 Å². The first-order chi connectivity index (χ1) is 5.24. The van der Waals surface area contributed by atoms with Crippen molar-refractivity contribution in [3.8, 4) is 0 Å². The lowest BCUT2D eigenvalue weighted by atomic mass is 10.2. The van der Waals surface area contributed by atoms with Crippen LogP contribution in [0.1, 0.15) is 26.7 Å². The maximum absolute atomic E-state index is 9.21. The van der Waals surface area contributed by atoms with E-state index in [2.05, 4.69) is 6.92 Å². The Labute approximate surface area is 67.3 Å². The van der Waals surface area contributed by atoms with Crippen molar-refractivity contribution in [3.05, 3.63) is 0 Å². The van der Waals surface area contributed by atoms with Gasteiger partial charge in [-0.1, -0.05) is 13.3 Å². The highest BCUT2D eigenvalue weighted by atomic mass is 16.7. The Kier molecular flexibility index (Phi) is 3.30. The van der Waals surface area contributed by atoms with Crippen LogP contribution in [0, 0.1) is 0 Å². The molecule has 0 amide bonds. The van der Waals surface area contributed by atoms with Crippen LogP contribution in [-0.4, -0.2) is 30.2 Å². The number of hydrogen-bond donors (Lipinski definition) is 1. The zero-order valence-corrected chi connectivity index (χ0v) is 7.12. The van der Waals surface area contributed by atoms with E-state index in [0.717, 1.165) is 12.8 Å². The van der Waals surface area contributed by atoms with E-state index in [4.69, 9.17) is 9.47 Å². The first-order valence-electron chi connectivity index (χ1n) is 4.19. The van der Waals surface area contributed by atoms with Gasteiger partial charge < -0.3 is 14.6 Å². The van der Waals surface area contributed by atoms with E-state index >= 15 is 0 Å². The van der Waals surface area contributed by atoms with Crippen molar-refractivity contribution >= 4 is 0 Å². The number of rotatable bonds is 2. The summed E-state index contributed by atoms with van der Waals surface area (Å²) in [6.07, 6.45) is 1.33. The topological polar surface area (TPSA) is 38.7 Å². The summed E-state index contributed by atoms with van der Waals surface area (Å²) in [5, 5.41) is 9.21. The molecular formula is C8H16O3. The fourth-order valence-electron chi connectivity index (χ4n) is 1.10. The van der Waals surface area contributed by atoms with Crippen molar-refractivity contribution in [2.45, 2.75) is 45.2 Å². The zero-order valence-electron chi connectivity index (χ0n) is 7.12. The van der Waals surface area contributed by atoms with Gasteiger partial charge in [-0.05, 0) is 13.3 Å². The van der Waals surface area contributed by atoms with Gasteiger partial charge in [0.2, 0.25) is 0 Å². The van der Waals surface area contributed by atoms with E-state index in [-0.39, 0.29) is 12.4 Å². The average Bonchev–Trinajstić information content (AvgIpc) is 1.98. The van der Waals surface area contributed by atoms with Crippen molar-refractivity contribution < 1.29 is 14.6 Å². The fourth-order valence-corrected chi connectivity index (χ4v) is 1.10. The number of hydrogen-bond acceptors (Lipinski definition) is 3. The summed E-state index contributed by atoms with van der Waals surface area (Å²) in [4.78, 5) is 0. The molecule has 1 aliphatic rings. The van der Waals surface area contributed by atoms with Crippen LogP contribution in [0.2, 0.25) is 0 Å². The standard InChI is InChI=1S/C8H16O3/c1-3-4-8-10-5-7(9)6(2)11-8/h6-9H,3-5H2,1-2H3/t6-,7-,8+/m1/s1. The third kappa shape index (κ3) is 2.43. The minimum Gasteiger partial charge on any atom is -0.388 e. The maximum Gasteiger partial charge on any atom is 0.158 e. The second-order valence-corrected chi connectivity index (χ2v) is 2.96. The Bertz CT molecular complexity index is 116. The highest BCUT2D eigenvalue weighted by molar-refractivity contribution is 4.68. The van der Waals surface area contributed by atoms with E-state index in [1.165, 1.54) is 0 Å². The third-order valence-electron chi connectivity index (χ3n) is 1.89. The molecule has 1 heterocycles. The number of aliphatic hydroxyl groups is 1. The van der Waals surface area contributed by atoms with Gasteiger partial charge in [0.05, 0.1) is 12.7 Å². The molecule has 3 atom stereocenters. The molecule has 3 nitrogen and oxygen atoms in total. The smallest absolute Gasteiger partial charge is 0.158 e. The molecule has 1 rings (SSSR count). The fraction of sp³-hybridized carbons (Fsp3) is 1.00. The van der Waals surface area contributed by atoms with Crippen LogP contribution in [0.5, 0.6) is 0 Å². The molecule has 3 heteroatoms. The van der Waals surface area contributed by atoms with E-state index < -0.39 is 6.10 Å². The molecule has 0 unspecified atom stereocenters. The average molecular weight is 160 g/mol. The van der Waals surface area contributed by atoms with Gasteiger partial charge in [0.1, 0.15) is 6.10 Å². The predicted molar refractivity (Wildman–Crippen MR) is 41.2 cm³/mol. The van der Waals surface area contributed by atoms with E-state index in [1.807, 2.05) is 6.92 Å². The van der Waals surface area contributed by atoms with Gasteiger partial charge in [-0.25, -0.2) is 0 Å². The Morgan fingerprint density at radius 3 is 2.82 bits per heavy atom. The highest BCUT2D eigenvalue weighted by Gasteiger charge is 2.26. The lowest BCUT2D eigenvalue weighted by molar-refractivity contribution is -0.248. The molecule has 1 aliphatic heterocycles. The molecule has 0 spiro atoms. The molecule has 0 aliphatic carbocycles. The predicted octanol–water partition coefficient (Wildman–Crippen LogP) is 0.909. The van der Waals surface area contributed by atoms with Crippen molar-refractivity contribution in [2.75, 3.05) is 6.61 Å². The monoisotopic (exact) mass is 160 g/mol. The summed E-state index contributed by atoms with van der Waals surface area (Å²) in [6, 6.07) is 0. The molecule has 1 N–H and O–H groups in total. The normalized spacial score (nSPS) is 39.0. The SMILES string of the molecule is CCC[C@H]1OC[C@@H](O)[C@@H](C)O1. The Morgan fingerprint density at radius 2 is 2.27 bits per heavy atom. The van der Waals surface area contributed by atoms with Gasteiger partial charge in [-0.3, -0.25) is 0 Å². The lowest BCUT2D eigenvalue weighted by Gasteiger charge is -2.31. The molecule has 0 saturated carbocycles. The first-order valence-corrected chi connectivity index (χ1v) is 4.19. The lowest BCUT2D eigenvalue weighted by Crippen LogP contribution is -2.41. The number of aliphatic hydroxyl groups excluding tert-OH is 1. The van der Waals surface area contributed by atoms with Crippen LogP contribution in [0.15, 0.2) is 0 Å². The first kappa shape index (κ1) is 8.97. The number of ether oxygens (including phenoxy) is 2. The van der Waals surface area contributed by atoms with Crippen molar-refractivity contribution in [3.63, 3.8) is 0 Å². The van der Waals surface area contributed by atoms with Gasteiger partial charge >= 0.3 is 0 Å². The van der Waals surface area contributed by atoms with E-state index in [0.29, 0.717) is 6.61 Å². The largest absolute Gasteiger partial charge is 0.388 e. The minimum absolute atomic E-state index is 0.0831. The van der Waals surface area contributed by atoms with Crippen LogP contribution >= 0.6 is 0 Å². The highest BCUT2D eigenvalue weighted by Crippen LogP contribution is 2.15. The van der Waals surface area contributed by atoms with Crippen molar-refractivity contribution in [1.29, 1.82) is 0 Å².